The quantitative estimate of drug-likeness (QED) is 0.717. The molecule has 0 aliphatic heterocycles. The van der Waals surface area contributed by atoms with Gasteiger partial charge < -0.3 is 10.6 Å². The van der Waals surface area contributed by atoms with Crippen molar-refractivity contribution < 1.29 is 6.22 Å². The van der Waals surface area contributed by atoms with E-state index in [0.29, 0.717) is 6.42 Å². The van der Waals surface area contributed by atoms with Crippen LogP contribution in [0.5, 0.6) is 0 Å². The Bertz CT molecular complexity index is 133. The summed E-state index contributed by atoms with van der Waals surface area (Å²) in [7, 11) is 1.86. The molecule has 0 aliphatic rings. The maximum absolute atomic E-state index is 11.1. The highest BCUT2D eigenvalue weighted by Crippen LogP contribution is 1.97. The van der Waals surface area contributed by atoms with Gasteiger partial charge in [0.05, 0.1) is 0 Å². The average molecular weight is 234 g/mol. The van der Waals surface area contributed by atoms with Crippen molar-refractivity contribution in [1.29, 1.82) is 0 Å². The van der Waals surface area contributed by atoms with E-state index in [-0.39, 0.29) is 7.33 Å². The van der Waals surface area contributed by atoms with Crippen LogP contribution in [0.1, 0.15) is 61.7 Å². The van der Waals surface area contributed by atoms with Crippen LogP contribution in [0.4, 0.5) is 0 Å². The van der Waals surface area contributed by atoms with Crippen LogP contribution in [0.15, 0.2) is 0 Å². The molecule has 1 amide bonds. The standard InChI is InChI=1S/C9H20N2O.2C2H6.H2/c1-3-9(12)11(2)8-6-4-5-7-10;2*1-2;/h3-8,10H2,1-2H3;2*1-2H3;1H. The fourth-order valence-corrected chi connectivity index (χ4v) is 1.06. The van der Waals surface area contributed by atoms with E-state index in [0.717, 1.165) is 32.4 Å². The molecule has 0 saturated heterocycles. The van der Waals surface area contributed by atoms with Gasteiger partial charge in [-0.2, -0.15) is 0 Å². The van der Waals surface area contributed by atoms with Crippen molar-refractivity contribution in [3.63, 3.8) is 0 Å². The SMILES string of the molecule is CC.CC.CCC(=O)N(C)CCCCCN.[HH]. The number of amides is 1. The third kappa shape index (κ3) is 15.9. The monoisotopic (exact) mass is 234 g/mol. The van der Waals surface area contributed by atoms with Gasteiger partial charge in [0.15, 0.2) is 0 Å². The number of carbonyl (C=O) groups excluding carboxylic acids is 1. The Kier molecular flexibility index (Phi) is 25.9. The maximum Gasteiger partial charge on any atom is 0.222 e. The first kappa shape index (κ1) is 20.8. The first-order valence-electron chi connectivity index (χ1n) is 6.66. The number of nitrogens with two attached hydrogens (primary N) is 1. The van der Waals surface area contributed by atoms with E-state index >= 15 is 0 Å². The van der Waals surface area contributed by atoms with Crippen molar-refractivity contribution in [2.45, 2.75) is 60.3 Å². The number of unbranched alkanes of at least 4 members (excludes halogenated alkanes) is 2. The molecule has 0 heterocycles. The molecule has 0 fully saturated rings. The minimum Gasteiger partial charge on any atom is -0.346 e. The molecule has 0 aliphatic carbocycles. The van der Waals surface area contributed by atoms with Crippen molar-refractivity contribution in [3.05, 3.63) is 0 Å². The molecule has 0 spiro atoms. The van der Waals surface area contributed by atoms with E-state index in [1.54, 1.807) is 4.90 Å². The minimum atomic E-state index is 0. The molecule has 3 heteroatoms. The smallest absolute Gasteiger partial charge is 0.222 e. The minimum absolute atomic E-state index is 0. The summed E-state index contributed by atoms with van der Waals surface area (Å²) in [4.78, 5) is 12.9. The first-order chi connectivity index (χ1) is 7.72. The molecule has 2 N–H and O–H groups in total. The van der Waals surface area contributed by atoms with Gasteiger partial charge in [-0.05, 0) is 19.4 Å². The summed E-state index contributed by atoms with van der Waals surface area (Å²) in [5.74, 6) is 0.225. The summed E-state index contributed by atoms with van der Waals surface area (Å²) in [6.07, 6.45) is 3.86. The Morgan fingerprint density at radius 1 is 1.12 bits per heavy atom. The molecule has 0 saturated carbocycles. The molecule has 0 aromatic heterocycles. The van der Waals surface area contributed by atoms with E-state index in [4.69, 9.17) is 5.73 Å². The molecule has 0 bridgehead atoms. The molecule has 0 aromatic carbocycles. The molecular formula is C13H34N2O. The number of hydrogen-bond acceptors (Lipinski definition) is 2. The van der Waals surface area contributed by atoms with E-state index in [1.807, 2.05) is 41.7 Å². The van der Waals surface area contributed by atoms with Crippen molar-refractivity contribution in [1.82, 2.24) is 4.90 Å². The van der Waals surface area contributed by atoms with Crippen LogP contribution in [0, 0.1) is 0 Å². The van der Waals surface area contributed by atoms with Gasteiger partial charge >= 0.3 is 0 Å². The van der Waals surface area contributed by atoms with E-state index < -0.39 is 0 Å². The van der Waals surface area contributed by atoms with Gasteiger partial charge in [0.1, 0.15) is 0 Å². The average Bonchev–Trinajstić information content (AvgIpc) is 2.38. The Hall–Kier alpha value is -0.570. The van der Waals surface area contributed by atoms with Crippen molar-refractivity contribution >= 4 is 5.91 Å². The normalized spacial score (nSPS) is 8.19. The Balaban J connectivity index is -0.000000152. The molecule has 0 radical (unpaired) electrons. The van der Waals surface area contributed by atoms with Crippen LogP contribution in [-0.2, 0) is 4.79 Å². The summed E-state index contributed by atoms with van der Waals surface area (Å²) < 4.78 is 0. The Labute approximate surface area is 104 Å². The highest BCUT2D eigenvalue weighted by atomic mass is 16.2. The predicted molar refractivity (Wildman–Crippen MR) is 75.6 cm³/mol. The summed E-state index contributed by atoms with van der Waals surface area (Å²) in [5, 5.41) is 0. The van der Waals surface area contributed by atoms with Gasteiger partial charge in [0.2, 0.25) is 5.91 Å². The van der Waals surface area contributed by atoms with Crippen LogP contribution < -0.4 is 5.73 Å². The van der Waals surface area contributed by atoms with Crippen LogP contribution in [0.3, 0.4) is 0 Å². The third-order valence-corrected chi connectivity index (χ3v) is 1.93. The lowest BCUT2D eigenvalue weighted by Gasteiger charge is -2.15. The van der Waals surface area contributed by atoms with E-state index in [1.165, 1.54) is 0 Å². The zero-order chi connectivity index (χ0) is 13.4. The van der Waals surface area contributed by atoms with Crippen LogP contribution >= 0.6 is 0 Å². The number of nitrogens with zero attached hydrogens (tertiary/aromatic N) is 1. The molecule has 0 unspecified atom stereocenters. The Morgan fingerprint density at radius 2 is 1.62 bits per heavy atom. The lowest BCUT2D eigenvalue weighted by atomic mass is 10.2. The summed E-state index contributed by atoms with van der Waals surface area (Å²) in [6.45, 7) is 11.5. The fourth-order valence-electron chi connectivity index (χ4n) is 1.06. The topological polar surface area (TPSA) is 46.3 Å². The highest BCUT2D eigenvalue weighted by Gasteiger charge is 2.03. The zero-order valence-corrected chi connectivity index (χ0v) is 12.2. The summed E-state index contributed by atoms with van der Waals surface area (Å²) in [6, 6.07) is 0. The summed E-state index contributed by atoms with van der Waals surface area (Å²) >= 11 is 0. The van der Waals surface area contributed by atoms with E-state index in [9.17, 15) is 4.79 Å². The zero-order valence-electron chi connectivity index (χ0n) is 12.2. The van der Waals surface area contributed by atoms with Gasteiger partial charge in [-0.3, -0.25) is 4.79 Å². The van der Waals surface area contributed by atoms with Gasteiger partial charge in [-0.25, -0.2) is 0 Å². The molecule has 3 nitrogen and oxygen atoms in total. The van der Waals surface area contributed by atoms with Crippen LogP contribution in [-0.4, -0.2) is 30.9 Å². The third-order valence-electron chi connectivity index (χ3n) is 1.93. The lowest BCUT2D eigenvalue weighted by Crippen LogP contribution is -2.26. The number of hydrogen-bond donors (Lipinski definition) is 1. The maximum atomic E-state index is 11.1. The van der Waals surface area contributed by atoms with Crippen molar-refractivity contribution in [2.75, 3.05) is 20.1 Å². The summed E-state index contributed by atoms with van der Waals surface area (Å²) in [5.41, 5.74) is 5.35. The van der Waals surface area contributed by atoms with Crippen LogP contribution in [0.25, 0.3) is 0 Å². The second kappa shape index (κ2) is 19.9. The number of carbonyl (C=O) groups is 1. The van der Waals surface area contributed by atoms with Gasteiger partial charge in [0, 0.05) is 21.4 Å². The van der Waals surface area contributed by atoms with Crippen molar-refractivity contribution in [3.8, 4) is 0 Å². The van der Waals surface area contributed by atoms with E-state index in [2.05, 4.69) is 0 Å². The molecular weight excluding hydrogens is 200 g/mol. The van der Waals surface area contributed by atoms with Gasteiger partial charge in [-0.1, -0.05) is 41.0 Å². The Morgan fingerprint density at radius 3 is 2.00 bits per heavy atom. The number of rotatable bonds is 6. The molecule has 0 rings (SSSR count). The molecule has 0 atom stereocenters. The first-order valence-corrected chi connectivity index (χ1v) is 6.66. The second-order valence-corrected chi connectivity index (χ2v) is 3.02. The molecule has 0 aromatic rings. The predicted octanol–water partition coefficient (Wildman–Crippen LogP) is 3.28. The largest absolute Gasteiger partial charge is 0.346 e. The van der Waals surface area contributed by atoms with Crippen molar-refractivity contribution in [2.24, 2.45) is 5.73 Å². The molecule has 102 valence electrons. The fraction of sp³-hybridized carbons (Fsp3) is 0.923. The van der Waals surface area contributed by atoms with Gasteiger partial charge in [0.25, 0.3) is 0 Å². The lowest BCUT2D eigenvalue weighted by molar-refractivity contribution is -0.129. The van der Waals surface area contributed by atoms with Crippen LogP contribution in [0.2, 0.25) is 0 Å². The van der Waals surface area contributed by atoms with Gasteiger partial charge in [-0.15, -0.1) is 0 Å². The second-order valence-electron chi connectivity index (χ2n) is 3.02. The highest BCUT2D eigenvalue weighted by molar-refractivity contribution is 5.75. The molecule has 16 heavy (non-hydrogen) atoms.